The number of carbonyl (C=O) groups is 1. The van der Waals surface area contributed by atoms with E-state index >= 15 is 0 Å². The SMILES string of the molecule is O=C(SC(F)(F)F)c1ccc(-c2ccccc2)cc1. The fourth-order valence-corrected chi connectivity index (χ4v) is 2.06. The first kappa shape index (κ1) is 13.7. The predicted octanol–water partition coefficient (Wildman–Crippen LogP) is 4.75. The molecule has 0 amide bonds. The molecule has 0 aliphatic carbocycles. The molecule has 2 rings (SSSR count). The molecule has 1 nitrogen and oxygen atoms in total. The highest BCUT2D eigenvalue weighted by Gasteiger charge is 2.33. The zero-order valence-corrected chi connectivity index (χ0v) is 10.5. The van der Waals surface area contributed by atoms with E-state index < -0.39 is 22.4 Å². The highest BCUT2D eigenvalue weighted by atomic mass is 32.2. The average Bonchev–Trinajstić information content (AvgIpc) is 2.38. The Kier molecular flexibility index (Phi) is 3.95. The molecule has 0 fully saturated rings. The topological polar surface area (TPSA) is 17.1 Å². The Morgan fingerprint density at radius 3 is 1.89 bits per heavy atom. The monoisotopic (exact) mass is 282 g/mol. The van der Waals surface area contributed by atoms with Crippen LogP contribution in [0.15, 0.2) is 54.6 Å². The molecule has 98 valence electrons. The first-order valence-electron chi connectivity index (χ1n) is 5.41. The van der Waals surface area contributed by atoms with Gasteiger partial charge in [0.2, 0.25) is 5.12 Å². The van der Waals surface area contributed by atoms with Gasteiger partial charge >= 0.3 is 5.51 Å². The fraction of sp³-hybridized carbons (Fsp3) is 0.0714. The van der Waals surface area contributed by atoms with E-state index in [0.29, 0.717) is 0 Å². The van der Waals surface area contributed by atoms with Gasteiger partial charge < -0.3 is 0 Å². The van der Waals surface area contributed by atoms with Crippen LogP contribution in [0.2, 0.25) is 0 Å². The largest absolute Gasteiger partial charge is 0.449 e. The van der Waals surface area contributed by atoms with Crippen molar-refractivity contribution in [2.24, 2.45) is 0 Å². The van der Waals surface area contributed by atoms with Crippen LogP contribution in [0.1, 0.15) is 10.4 Å². The van der Waals surface area contributed by atoms with E-state index in [-0.39, 0.29) is 5.56 Å². The number of alkyl halides is 3. The van der Waals surface area contributed by atoms with Crippen molar-refractivity contribution in [2.75, 3.05) is 0 Å². The van der Waals surface area contributed by atoms with Crippen LogP contribution in [0, 0.1) is 0 Å². The number of rotatable bonds is 2. The number of carbonyl (C=O) groups excluding carboxylic acids is 1. The average molecular weight is 282 g/mol. The molecular formula is C14H9F3OS. The van der Waals surface area contributed by atoms with Gasteiger partial charge in [0.05, 0.1) is 0 Å². The molecule has 0 aliphatic rings. The smallest absolute Gasteiger partial charge is 0.281 e. The van der Waals surface area contributed by atoms with Crippen LogP contribution in [0.4, 0.5) is 13.2 Å². The molecule has 0 N–H and O–H groups in total. The maximum atomic E-state index is 12.1. The summed E-state index contributed by atoms with van der Waals surface area (Å²) >= 11 is -0.627. The second-order valence-electron chi connectivity index (χ2n) is 3.78. The lowest BCUT2D eigenvalue weighted by molar-refractivity contribution is -0.0322. The Balaban J connectivity index is 2.17. The summed E-state index contributed by atoms with van der Waals surface area (Å²) in [5.41, 5.74) is -2.70. The molecule has 0 heterocycles. The molecule has 5 heteroatoms. The van der Waals surface area contributed by atoms with Crippen molar-refractivity contribution in [3.63, 3.8) is 0 Å². The minimum absolute atomic E-state index is 0.0435. The zero-order chi connectivity index (χ0) is 13.9. The van der Waals surface area contributed by atoms with E-state index in [0.717, 1.165) is 11.1 Å². The molecule has 0 bridgehead atoms. The highest BCUT2D eigenvalue weighted by Crippen LogP contribution is 2.33. The highest BCUT2D eigenvalue weighted by molar-refractivity contribution is 8.14. The van der Waals surface area contributed by atoms with Crippen LogP contribution in [0.5, 0.6) is 0 Å². The Morgan fingerprint density at radius 2 is 1.37 bits per heavy atom. The van der Waals surface area contributed by atoms with Crippen molar-refractivity contribution >= 4 is 16.9 Å². The Morgan fingerprint density at radius 1 is 0.842 bits per heavy atom. The molecule has 2 aromatic rings. The van der Waals surface area contributed by atoms with E-state index in [4.69, 9.17) is 0 Å². The van der Waals surface area contributed by atoms with E-state index in [9.17, 15) is 18.0 Å². The molecule has 2 aromatic carbocycles. The molecule has 0 spiro atoms. The van der Waals surface area contributed by atoms with E-state index in [1.165, 1.54) is 12.1 Å². The van der Waals surface area contributed by atoms with Crippen LogP contribution in [-0.4, -0.2) is 10.6 Å². The van der Waals surface area contributed by atoms with Gasteiger partial charge in [-0.05, 0) is 23.3 Å². The van der Waals surface area contributed by atoms with Gasteiger partial charge in [0.25, 0.3) is 0 Å². The van der Waals surface area contributed by atoms with Crippen LogP contribution < -0.4 is 0 Å². The summed E-state index contributed by atoms with van der Waals surface area (Å²) in [5.74, 6) is 0. The van der Waals surface area contributed by atoms with Gasteiger partial charge in [0.15, 0.2) is 0 Å². The summed E-state index contributed by atoms with van der Waals surface area (Å²) < 4.78 is 36.2. The van der Waals surface area contributed by atoms with Crippen molar-refractivity contribution in [1.29, 1.82) is 0 Å². The summed E-state index contributed by atoms with van der Waals surface area (Å²) in [7, 11) is 0. The first-order chi connectivity index (χ1) is 8.96. The molecular weight excluding hydrogens is 273 g/mol. The lowest BCUT2D eigenvalue weighted by Crippen LogP contribution is -2.06. The van der Waals surface area contributed by atoms with Crippen LogP contribution >= 0.6 is 11.8 Å². The van der Waals surface area contributed by atoms with Gasteiger partial charge in [-0.15, -0.1) is 0 Å². The molecule has 0 atom stereocenters. The Bertz CT molecular complexity index is 561. The van der Waals surface area contributed by atoms with Crippen LogP contribution in [0.25, 0.3) is 11.1 Å². The maximum absolute atomic E-state index is 12.1. The van der Waals surface area contributed by atoms with Crippen LogP contribution in [-0.2, 0) is 0 Å². The molecule has 0 saturated heterocycles. The van der Waals surface area contributed by atoms with Gasteiger partial charge in [0, 0.05) is 17.3 Å². The third kappa shape index (κ3) is 3.86. The quantitative estimate of drug-likeness (QED) is 0.791. The molecule has 0 unspecified atom stereocenters. The van der Waals surface area contributed by atoms with Crippen molar-refractivity contribution in [3.05, 3.63) is 60.2 Å². The zero-order valence-electron chi connectivity index (χ0n) is 9.65. The number of halogens is 3. The van der Waals surface area contributed by atoms with Gasteiger partial charge in [-0.2, -0.15) is 13.2 Å². The molecule has 0 saturated carbocycles. The molecule has 19 heavy (non-hydrogen) atoms. The lowest BCUT2D eigenvalue weighted by atomic mass is 10.0. The third-order valence-electron chi connectivity index (χ3n) is 2.44. The summed E-state index contributed by atoms with van der Waals surface area (Å²) in [6.45, 7) is 0. The van der Waals surface area contributed by atoms with Gasteiger partial charge in [0.1, 0.15) is 0 Å². The lowest BCUT2D eigenvalue weighted by Gasteiger charge is -2.05. The summed E-state index contributed by atoms with van der Waals surface area (Å²) in [6.07, 6.45) is 0. The number of benzene rings is 2. The van der Waals surface area contributed by atoms with E-state index in [1.807, 2.05) is 30.3 Å². The normalized spacial score (nSPS) is 11.3. The summed E-state index contributed by atoms with van der Waals surface area (Å²) in [6, 6.07) is 15.5. The minimum Gasteiger partial charge on any atom is -0.281 e. The Hall–Kier alpha value is -1.75. The van der Waals surface area contributed by atoms with E-state index in [2.05, 4.69) is 0 Å². The number of thioether (sulfide) groups is 1. The van der Waals surface area contributed by atoms with Crippen molar-refractivity contribution in [1.82, 2.24) is 0 Å². The molecule has 0 aromatic heterocycles. The second-order valence-corrected chi connectivity index (χ2v) is 4.82. The van der Waals surface area contributed by atoms with Crippen molar-refractivity contribution in [2.45, 2.75) is 5.51 Å². The maximum Gasteiger partial charge on any atom is 0.449 e. The minimum atomic E-state index is -4.55. The van der Waals surface area contributed by atoms with Crippen LogP contribution in [0.3, 0.4) is 0 Å². The predicted molar refractivity (Wildman–Crippen MR) is 69.9 cm³/mol. The third-order valence-corrected chi connectivity index (χ3v) is 3.09. The fourth-order valence-electron chi connectivity index (χ4n) is 1.59. The number of hydrogen-bond donors (Lipinski definition) is 0. The Labute approximate surface area is 112 Å². The standard InChI is InChI=1S/C14H9F3OS/c15-14(16,17)19-13(18)12-8-6-11(7-9-12)10-4-2-1-3-5-10/h1-9H. The van der Waals surface area contributed by atoms with Gasteiger partial charge in [-0.25, -0.2) is 0 Å². The number of hydrogen-bond acceptors (Lipinski definition) is 2. The molecule has 0 radical (unpaired) electrons. The summed E-state index contributed by atoms with van der Waals surface area (Å²) in [4.78, 5) is 11.4. The first-order valence-corrected chi connectivity index (χ1v) is 6.23. The van der Waals surface area contributed by atoms with Crippen molar-refractivity contribution in [3.8, 4) is 11.1 Å². The van der Waals surface area contributed by atoms with E-state index in [1.54, 1.807) is 12.1 Å². The second kappa shape index (κ2) is 5.48. The van der Waals surface area contributed by atoms with Gasteiger partial charge in [-0.1, -0.05) is 42.5 Å². The molecule has 0 aliphatic heterocycles. The van der Waals surface area contributed by atoms with Crippen molar-refractivity contribution < 1.29 is 18.0 Å². The van der Waals surface area contributed by atoms with Gasteiger partial charge in [-0.3, -0.25) is 4.79 Å². The summed E-state index contributed by atoms with van der Waals surface area (Å²) in [5, 5.41) is -0.993.